The second kappa shape index (κ2) is 8.47. The van der Waals surface area contributed by atoms with Crippen molar-refractivity contribution in [3.63, 3.8) is 0 Å². The van der Waals surface area contributed by atoms with Gasteiger partial charge in [-0.25, -0.2) is 4.98 Å². The van der Waals surface area contributed by atoms with Gasteiger partial charge in [0.05, 0.1) is 14.2 Å². The first kappa shape index (κ1) is 19.3. The number of carbonyl (C=O) groups excluding carboxylic acids is 2. The molecule has 1 aromatic carbocycles. The average molecular weight is 386 g/mol. The van der Waals surface area contributed by atoms with Gasteiger partial charge >= 0.3 is 0 Å². The largest absolute Gasteiger partial charge is 0.493 e. The van der Waals surface area contributed by atoms with Crippen LogP contribution in [0.3, 0.4) is 0 Å². The van der Waals surface area contributed by atoms with Crippen LogP contribution in [0, 0.1) is 0 Å². The molecule has 0 atom stereocenters. The number of pyridine rings is 1. The number of nitrogens with two attached hydrogens (primary N) is 1. The SMILES string of the molecule is COc1ccc(CCNC(=O)CN2C(=O)COc3ccc(N)nc32)cc1OC. The number of hydrogen-bond donors (Lipinski definition) is 2. The van der Waals surface area contributed by atoms with Crippen molar-refractivity contribution in [1.29, 1.82) is 0 Å². The molecule has 9 heteroatoms. The van der Waals surface area contributed by atoms with Crippen LogP contribution in [0.2, 0.25) is 0 Å². The summed E-state index contributed by atoms with van der Waals surface area (Å²) in [5.74, 6) is 1.55. The van der Waals surface area contributed by atoms with Gasteiger partial charge in [0.2, 0.25) is 5.91 Å². The Kier molecular flexibility index (Phi) is 5.83. The molecule has 3 rings (SSSR count). The fourth-order valence-corrected chi connectivity index (χ4v) is 2.84. The zero-order valence-electron chi connectivity index (χ0n) is 15.7. The fraction of sp³-hybridized carbons (Fsp3) is 0.316. The van der Waals surface area contributed by atoms with E-state index < -0.39 is 0 Å². The smallest absolute Gasteiger partial charge is 0.266 e. The maximum Gasteiger partial charge on any atom is 0.266 e. The number of ether oxygens (including phenoxy) is 3. The Hall–Kier alpha value is -3.49. The van der Waals surface area contributed by atoms with Gasteiger partial charge in [-0.05, 0) is 36.2 Å². The summed E-state index contributed by atoms with van der Waals surface area (Å²) < 4.78 is 15.8. The van der Waals surface area contributed by atoms with E-state index in [0.717, 1.165) is 5.56 Å². The minimum atomic E-state index is -0.347. The first-order valence-corrected chi connectivity index (χ1v) is 8.69. The molecule has 0 radical (unpaired) electrons. The maximum atomic E-state index is 12.3. The van der Waals surface area contributed by atoms with Gasteiger partial charge in [0, 0.05) is 6.54 Å². The number of methoxy groups -OCH3 is 2. The minimum absolute atomic E-state index is 0.141. The molecule has 148 valence electrons. The number of hydrogen-bond acceptors (Lipinski definition) is 7. The van der Waals surface area contributed by atoms with Gasteiger partial charge in [0.25, 0.3) is 5.91 Å². The van der Waals surface area contributed by atoms with Crippen LogP contribution in [0.4, 0.5) is 11.6 Å². The zero-order chi connectivity index (χ0) is 20.1. The Bertz CT molecular complexity index is 887. The van der Waals surface area contributed by atoms with Crippen LogP contribution < -0.4 is 30.2 Å². The van der Waals surface area contributed by atoms with E-state index in [0.29, 0.717) is 30.2 Å². The highest BCUT2D eigenvalue weighted by Gasteiger charge is 2.28. The summed E-state index contributed by atoms with van der Waals surface area (Å²) in [5.41, 5.74) is 6.67. The molecular weight excluding hydrogens is 364 g/mol. The van der Waals surface area contributed by atoms with Gasteiger partial charge in [0.1, 0.15) is 12.4 Å². The highest BCUT2D eigenvalue weighted by Crippen LogP contribution is 2.30. The molecule has 3 N–H and O–H groups in total. The lowest BCUT2D eigenvalue weighted by Crippen LogP contribution is -2.46. The van der Waals surface area contributed by atoms with E-state index in [1.54, 1.807) is 26.4 Å². The summed E-state index contributed by atoms with van der Waals surface area (Å²) >= 11 is 0. The molecule has 0 bridgehead atoms. The van der Waals surface area contributed by atoms with E-state index in [4.69, 9.17) is 19.9 Å². The molecule has 2 amide bonds. The molecule has 0 unspecified atom stereocenters. The highest BCUT2D eigenvalue weighted by atomic mass is 16.5. The Labute approximate surface area is 162 Å². The van der Waals surface area contributed by atoms with E-state index in [9.17, 15) is 9.59 Å². The van der Waals surface area contributed by atoms with Crippen molar-refractivity contribution in [2.45, 2.75) is 6.42 Å². The van der Waals surface area contributed by atoms with E-state index >= 15 is 0 Å². The van der Waals surface area contributed by atoms with Crippen molar-refractivity contribution >= 4 is 23.5 Å². The van der Waals surface area contributed by atoms with Crippen molar-refractivity contribution in [2.75, 3.05) is 44.5 Å². The Balaban J connectivity index is 1.58. The molecular formula is C19H22N4O5. The quantitative estimate of drug-likeness (QED) is 0.722. The minimum Gasteiger partial charge on any atom is -0.493 e. The van der Waals surface area contributed by atoms with E-state index in [-0.39, 0.29) is 36.6 Å². The first-order chi connectivity index (χ1) is 13.5. The van der Waals surface area contributed by atoms with Crippen LogP contribution in [0.5, 0.6) is 17.2 Å². The lowest BCUT2D eigenvalue weighted by Gasteiger charge is -2.27. The normalized spacial score (nSPS) is 12.8. The second-order valence-electron chi connectivity index (χ2n) is 6.12. The number of nitrogen functional groups attached to an aromatic ring is 1. The standard InChI is InChI=1S/C19H22N4O5/c1-26-13-4-3-12(9-15(13)27-2)7-8-21-17(24)10-23-18(25)11-28-14-5-6-16(20)22-19(14)23/h3-6,9H,7-8,10-11H2,1-2H3,(H2,20,22)(H,21,24). The molecule has 0 spiro atoms. The van der Waals surface area contributed by atoms with Gasteiger partial charge in [-0.15, -0.1) is 0 Å². The number of benzene rings is 1. The third-order valence-corrected chi connectivity index (χ3v) is 4.25. The van der Waals surface area contributed by atoms with Crippen molar-refractivity contribution in [2.24, 2.45) is 0 Å². The van der Waals surface area contributed by atoms with Crippen molar-refractivity contribution in [1.82, 2.24) is 10.3 Å². The third-order valence-electron chi connectivity index (χ3n) is 4.25. The third kappa shape index (κ3) is 4.25. The molecule has 0 aliphatic carbocycles. The molecule has 2 aromatic rings. The molecule has 28 heavy (non-hydrogen) atoms. The first-order valence-electron chi connectivity index (χ1n) is 8.69. The van der Waals surface area contributed by atoms with Crippen LogP contribution in [-0.4, -0.2) is 50.7 Å². The summed E-state index contributed by atoms with van der Waals surface area (Å²) in [6.07, 6.45) is 0.602. The van der Waals surface area contributed by atoms with Crippen LogP contribution in [0.1, 0.15) is 5.56 Å². The van der Waals surface area contributed by atoms with Crippen LogP contribution in [0.25, 0.3) is 0 Å². The molecule has 0 saturated heterocycles. The maximum absolute atomic E-state index is 12.3. The molecule has 2 heterocycles. The van der Waals surface area contributed by atoms with E-state index in [1.807, 2.05) is 18.2 Å². The van der Waals surface area contributed by atoms with Crippen LogP contribution >= 0.6 is 0 Å². The molecule has 9 nitrogen and oxygen atoms in total. The summed E-state index contributed by atoms with van der Waals surface area (Å²) in [7, 11) is 3.15. The van der Waals surface area contributed by atoms with Gasteiger partial charge in [-0.3, -0.25) is 14.5 Å². The lowest BCUT2D eigenvalue weighted by molar-refractivity contribution is -0.125. The summed E-state index contributed by atoms with van der Waals surface area (Å²) in [6.45, 7) is 0.110. The number of fused-ring (bicyclic) bond motifs is 1. The van der Waals surface area contributed by atoms with Crippen LogP contribution in [0.15, 0.2) is 30.3 Å². The number of nitrogens with zero attached hydrogens (tertiary/aromatic N) is 2. The predicted octanol–water partition coefficient (Wildman–Crippen LogP) is 0.765. The Morgan fingerprint density at radius 1 is 1.25 bits per heavy atom. The molecule has 1 aromatic heterocycles. The van der Waals surface area contributed by atoms with Crippen molar-refractivity contribution in [3.8, 4) is 17.2 Å². The monoisotopic (exact) mass is 386 g/mol. The lowest BCUT2D eigenvalue weighted by atomic mass is 10.1. The highest BCUT2D eigenvalue weighted by molar-refractivity contribution is 6.01. The second-order valence-corrected chi connectivity index (χ2v) is 6.12. The number of nitrogens with one attached hydrogen (secondary N) is 1. The number of rotatable bonds is 7. The predicted molar refractivity (Wildman–Crippen MR) is 103 cm³/mol. The van der Waals surface area contributed by atoms with Gasteiger partial charge in [-0.1, -0.05) is 6.07 Å². The molecule has 0 fully saturated rings. The van der Waals surface area contributed by atoms with Crippen molar-refractivity contribution < 1.29 is 23.8 Å². The van der Waals surface area contributed by atoms with Gasteiger partial charge < -0.3 is 25.3 Å². The van der Waals surface area contributed by atoms with Crippen molar-refractivity contribution in [3.05, 3.63) is 35.9 Å². The fourth-order valence-electron chi connectivity index (χ4n) is 2.84. The number of aromatic nitrogens is 1. The molecule has 0 saturated carbocycles. The Morgan fingerprint density at radius 3 is 2.79 bits per heavy atom. The van der Waals surface area contributed by atoms with Crippen LogP contribution in [-0.2, 0) is 16.0 Å². The average Bonchev–Trinajstić information content (AvgIpc) is 2.70. The number of anilines is 2. The molecule has 1 aliphatic heterocycles. The van der Waals surface area contributed by atoms with Gasteiger partial charge in [-0.2, -0.15) is 0 Å². The topological polar surface area (TPSA) is 116 Å². The number of carbonyl (C=O) groups is 2. The van der Waals surface area contributed by atoms with E-state index in [2.05, 4.69) is 10.3 Å². The Morgan fingerprint density at radius 2 is 2.04 bits per heavy atom. The molecule has 1 aliphatic rings. The number of amides is 2. The van der Waals surface area contributed by atoms with Gasteiger partial charge in [0.15, 0.2) is 29.7 Å². The summed E-state index contributed by atoms with van der Waals surface area (Å²) in [5, 5.41) is 2.81. The van der Waals surface area contributed by atoms with E-state index in [1.165, 1.54) is 4.90 Å². The summed E-state index contributed by atoms with van der Waals surface area (Å²) in [4.78, 5) is 29.9. The summed E-state index contributed by atoms with van der Waals surface area (Å²) in [6, 6.07) is 8.79. The zero-order valence-corrected chi connectivity index (χ0v) is 15.7.